The van der Waals surface area contributed by atoms with Crippen LogP contribution in [0.1, 0.15) is 11.3 Å². The molecule has 2 fully saturated rings. The number of hydrogen-bond donors (Lipinski definition) is 2. The summed E-state index contributed by atoms with van der Waals surface area (Å²) in [7, 11) is 1.71. The predicted molar refractivity (Wildman–Crippen MR) is 117 cm³/mol. The number of aliphatic carboxylic acids is 1. The SMILES string of the molecule is Cn1nnnc1SCC1=C(C(=O)O)N2C(=O)[C@@H]3[C@H]2[C@H](C1)CN3C(=O)NCc1cccs1.[NaH]. The monoisotopic (exact) mass is 485 g/mol. The van der Waals surface area contributed by atoms with Gasteiger partial charge in [0.2, 0.25) is 5.16 Å². The van der Waals surface area contributed by atoms with Crippen LogP contribution in [0.15, 0.2) is 33.9 Å². The van der Waals surface area contributed by atoms with Gasteiger partial charge in [-0.2, -0.15) is 0 Å². The molecule has 2 saturated heterocycles. The van der Waals surface area contributed by atoms with E-state index in [0.29, 0.717) is 36.0 Å². The molecule has 3 atom stereocenters. The normalized spacial score (nSPS) is 23.5. The van der Waals surface area contributed by atoms with Gasteiger partial charge in [-0.15, -0.1) is 16.4 Å². The summed E-state index contributed by atoms with van der Waals surface area (Å²) >= 11 is 2.88. The summed E-state index contributed by atoms with van der Waals surface area (Å²) in [6, 6.07) is 2.68. The molecule has 32 heavy (non-hydrogen) atoms. The Morgan fingerprint density at radius 1 is 1.41 bits per heavy atom. The van der Waals surface area contributed by atoms with E-state index in [4.69, 9.17) is 0 Å². The van der Waals surface area contributed by atoms with Gasteiger partial charge >= 0.3 is 41.6 Å². The van der Waals surface area contributed by atoms with Crippen molar-refractivity contribution in [2.45, 2.75) is 30.2 Å². The third-order valence-corrected chi connectivity index (χ3v) is 7.83. The van der Waals surface area contributed by atoms with Crippen molar-refractivity contribution in [3.05, 3.63) is 33.7 Å². The number of carbonyl (C=O) groups excluding carboxylic acids is 2. The van der Waals surface area contributed by atoms with E-state index in [9.17, 15) is 19.5 Å². The van der Waals surface area contributed by atoms with Crippen molar-refractivity contribution in [3.63, 3.8) is 0 Å². The van der Waals surface area contributed by atoms with Crippen LogP contribution < -0.4 is 5.32 Å². The first-order valence-electron chi connectivity index (χ1n) is 9.66. The number of likely N-dealkylation sites (tertiary alicyclic amines) is 1. The fourth-order valence-electron chi connectivity index (χ4n) is 4.55. The molecule has 0 spiro atoms. The van der Waals surface area contributed by atoms with Gasteiger partial charge in [-0.25, -0.2) is 14.3 Å². The Kier molecular flexibility index (Phi) is 6.63. The van der Waals surface area contributed by atoms with Crippen LogP contribution in [0.5, 0.6) is 0 Å². The molecule has 2 aromatic rings. The fraction of sp³-hybridized carbons (Fsp3) is 0.444. The first-order chi connectivity index (χ1) is 15.0. The van der Waals surface area contributed by atoms with Crippen molar-refractivity contribution >= 4 is 70.6 Å². The number of hydrogen-bond acceptors (Lipinski definition) is 8. The zero-order chi connectivity index (χ0) is 21.7. The number of amides is 3. The van der Waals surface area contributed by atoms with Gasteiger partial charge < -0.3 is 15.3 Å². The Hall–Kier alpha value is -1.93. The summed E-state index contributed by atoms with van der Waals surface area (Å²) in [4.78, 5) is 41.7. The van der Waals surface area contributed by atoms with Gasteiger partial charge in [-0.1, -0.05) is 17.8 Å². The molecule has 0 saturated carbocycles. The second kappa shape index (κ2) is 9.14. The Balaban J connectivity index is 0.00000245. The summed E-state index contributed by atoms with van der Waals surface area (Å²) in [6.07, 6.45) is 0.513. The summed E-state index contributed by atoms with van der Waals surface area (Å²) in [5, 5.41) is 26.5. The summed E-state index contributed by atoms with van der Waals surface area (Å²) < 4.78 is 1.51. The van der Waals surface area contributed by atoms with E-state index in [1.165, 1.54) is 21.3 Å². The van der Waals surface area contributed by atoms with Crippen LogP contribution in [-0.2, 0) is 23.2 Å². The first-order valence-corrected chi connectivity index (χ1v) is 11.5. The number of rotatable bonds is 6. The molecule has 5 heterocycles. The maximum absolute atomic E-state index is 12.9. The molecule has 3 aliphatic heterocycles. The number of tetrazole rings is 1. The van der Waals surface area contributed by atoms with Gasteiger partial charge in [0.1, 0.15) is 11.7 Å². The number of carbonyl (C=O) groups is 3. The van der Waals surface area contributed by atoms with E-state index < -0.39 is 12.0 Å². The number of carboxylic acids is 1. The van der Waals surface area contributed by atoms with Crippen LogP contribution in [0.2, 0.25) is 0 Å². The minimum atomic E-state index is -1.13. The van der Waals surface area contributed by atoms with Crippen molar-refractivity contribution in [2.24, 2.45) is 13.0 Å². The Labute approximate surface area is 213 Å². The van der Waals surface area contributed by atoms with Crippen LogP contribution in [0, 0.1) is 5.92 Å². The van der Waals surface area contributed by atoms with Crippen LogP contribution in [-0.4, -0.2) is 107 Å². The van der Waals surface area contributed by atoms with Gasteiger partial charge in [-0.3, -0.25) is 9.69 Å². The van der Waals surface area contributed by atoms with E-state index in [2.05, 4.69) is 20.8 Å². The fourth-order valence-corrected chi connectivity index (χ4v) is 6.07. The van der Waals surface area contributed by atoms with Crippen LogP contribution in [0.4, 0.5) is 4.79 Å². The second-order valence-corrected chi connectivity index (χ2v) is 9.60. The van der Waals surface area contributed by atoms with Crippen molar-refractivity contribution in [1.82, 2.24) is 35.3 Å². The molecule has 0 radical (unpaired) electrons. The first kappa shape index (κ1) is 23.2. The molecule has 3 aliphatic rings. The van der Waals surface area contributed by atoms with E-state index in [1.807, 2.05) is 17.5 Å². The molecule has 11 nitrogen and oxygen atoms in total. The van der Waals surface area contributed by atoms with Gasteiger partial charge in [0.15, 0.2) is 0 Å². The topological polar surface area (TPSA) is 134 Å². The Morgan fingerprint density at radius 2 is 2.22 bits per heavy atom. The molecule has 2 aromatic heterocycles. The van der Waals surface area contributed by atoms with Crippen molar-refractivity contribution < 1.29 is 19.5 Å². The predicted octanol–water partition coefficient (Wildman–Crippen LogP) is -0.121. The van der Waals surface area contributed by atoms with Crippen molar-refractivity contribution in [3.8, 4) is 0 Å². The molecule has 0 aromatic carbocycles. The van der Waals surface area contributed by atoms with Gasteiger partial charge in [0.05, 0.1) is 12.6 Å². The van der Waals surface area contributed by atoms with Crippen molar-refractivity contribution in [1.29, 1.82) is 0 Å². The number of carboxylic acid groups (broad SMARTS) is 1. The number of urea groups is 1. The van der Waals surface area contributed by atoms with Gasteiger partial charge in [-0.05, 0) is 33.9 Å². The molecule has 0 bridgehead atoms. The van der Waals surface area contributed by atoms with Crippen LogP contribution >= 0.6 is 23.1 Å². The molecule has 14 heteroatoms. The number of thioether (sulfide) groups is 1. The summed E-state index contributed by atoms with van der Waals surface area (Å²) in [5.74, 6) is -1.10. The van der Waals surface area contributed by atoms with Crippen molar-refractivity contribution in [2.75, 3.05) is 12.3 Å². The number of thiophene rings is 1. The zero-order valence-corrected chi connectivity index (χ0v) is 18.1. The molecule has 0 aliphatic carbocycles. The number of nitrogens with zero attached hydrogens (tertiary/aromatic N) is 6. The van der Waals surface area contributed by atoms with E-state index in [1.54, 1.807) is 23.3 Å². The van der Waals surface area contributed by atoms with Crippen LogP contribution in [0.25, 0.3) is 0 Å². The average Bonchev–Trinajstić information content (AvgIpc) is 3.47. The molecular formula is C18H20N7NaO4S2. The molecule has 3 amide bonds. The molecule has 2 N–H and O–H groups in total. The summed E-state index contributed by atoms with van der Waals surface area (Å²) in [6.45, 7) is 0.819. The third kappa shape index (κ3) is 3.85. The van der Waals surface area contributed by atoms with E-state index in [-0.39, 0.29) is 59.2 Å². The third-order valence-electron chi connectivity index (χ3n) is 5.86. The number of aromatic nitrogens is 4. The van der Waals surface area contributed by atoms with Gasteiger partial charge in [0, 0.05) is 30.1 Å². The van der Waals surface area contributed by atoms with Crippen LogP contribution in [0.3, 0.4) is 0 Å². The second-order valence-electron chi connectivity index (χ2n) is 7.63. The van der Waals surface area contributed by atoms with E-state index >= 15 is 0 Å². The summed E-state index contributed by atoms with van der Waals surface area (Å²) in [5.41, 5.74) is 0.695. The molecule has 5 rings (SSSR count). The number of β-lactam (4-membered cyclic amide) rings is 1. The quantitative estimate of drug-likeness (QED) is 0.329. The maximum atomic E-state index is 12.9. The van der Waals surface area contributed by atoms with E-state index in [0.717, 1.165) is 4.88 Å². The Morgan fingerprint density at radius 3 is 2.88 bits per heavy atom. The molecular weight excluding hydrogens is 465 g/mol. The van der Waals surface area contributed by atoms with Gasteiger partial charge in [0.25, 0.3) is 5.91 Å². The number of aryl methyl sites for hydroxylation is 1. The molecule has 0 unspecified atom stereocenters. The Bertz CT molecular complexity index is 1090. The standard InChI is InChI=1S/C18H19N7O4S2.Na.H/c1-23-18(20-21-22-23)31-8-10-5-9-7-24(17(29)19-6-11-3-2-4-30-11)14-12(9)25(15(14)26)13(10)16(27)28;;/h2-4,9,12,14H,5-8H2,1H3,(H,19,29)(H,27,28);;/t9-,12-,14+;;/m1../s1. The minimum absolute atomic E-state index is 0. The molecule has 164 valence electrons. The number of nitrogens with one attached hydrogen (secondary N) is 1. The zero-order valence-electron chi connectivity index (χ0n) is 16.5. The average molecular weight is 486 g/mol.